The van der Waals surface area contributed by atoms with E-state index < -0.39 is 16.7 Å². The molecule has 5 nitrogen and oxygen atoms in total. The highest BCUT2D eigenvalue weighted by Crippen LogP contribution is 2.31. The molecule has 8 heteroatoms. The Morgan fingerprint density at radius 1 is 1.14 bits per heavy atom. The molecule has 0 unspecified atom stereocenters. The van der Waals surface area contributed by atoms with Gasteiger partial charge in [-0.15, -0.1) is 0 Å². The summed E-state index contributed by atoms with van der Waals surface area (Å²) >= 11 is 0. The molecule has 2 N–H and O–H groups in total. The summed E-state index contributed by atoms with van der Waals surface area (Å²) in [7, 11) is 0. The zero-order chi connectivity index (χ0) is 16.3. The molecule has 0 aliphatic rings. The Balaban J connectivity index is 2.37. The third kappa shape index (κ3) is 3.60. The van der Waals surface area contributed by atoms with Crippen LogP contribution in [0.15, 0.2) is 53.5 Å². The maximum absolute atomic E-state index is 12.6. The third-order valence-electron chi connectivity index (χ3n) is 2.78. The summed E-state index contributed by atoms with van der Waals surface area (Å²) in [5.74, 6) is -0.108. The average molecular weight is 309 g/mol. The Kier molecular flexibility index (Phi) is 4.11. The van der Waals surface area contributed by atoms with E-state index in [2.05, 4.69) is 4.99 Å². The predicted octanol–water partition coefficient (Wildman–Crippen LogP) is 3.65. The van der Waals surface area contributed by atoms with Crippen LogP contribution in [0.1, 0.15) is 11.1 Å². The topological polar surface area (TPSA) is 81.5 Å². The fraction of sp³-hybridized carbons (Fsp3) is 0.0714. The summed E-state index contributed by atoms with van der Waals surface area (Å²) < 4.78 is 37.8. The van der Waals surface area contributed by atoms with Gasteiger partial charge in [0.1, 0.15) is 5.84 Å². The highest BCUT2D eigenvalue weighted by atomic mass is 19.4. The van der Waals surface area contributed by atoms with Crippen LogP contribution in [0.4, 0.5) is 24.5 Å². The molecule has 2 rings (SSSR count). The number of halogens is 3. The van der Waals surface area contributed by atoms with E-state index in [0.29, 0.717) is 0 Å². The summed E-state index contributed by atoms with van der Waals surface area (Å²) in [4.78, 5) is 14.0. The lowest BCUT2D eigenvalue weighted by Crippen LogP contribution is -2.13. The lowest BCUT2D eigenvalue weighted by atomic mass is 10.1. The maximum atomic E-state index is 12.6. The Morgan fingerprint density at radius 3 is 2.45 bits per heavy atom. The molecule has 0 aliphatic heterocycles. The van der Waals surface area contributed by atoms with Gasteiger partial charge in [0.15, 0.2) is 0 Å². The van der Waals surface area contributed by atoms with Crippen molar-refractivity contribution in [2.75, 3.05) is 0 Å². The number of nitro benzene ring substituents is 1. The van der Waals surface area contributed by atoms with Crippen LogP contribution in [-0.2, 0) is 6.18 Å². The second-order valence-corrected chi connectivity index (χ2v) is 4.35. The molecule has 22 heavy (non-hydrogen) atoms. The number of nitrogens with two attached hydrogens (primary N) is 1. The van der Waals surface area contributed by atoms with Crippen molar-refractivity contribution >= 4 is 17.2 Å². The average Bonchev–Trinajstić information content (AvgIpc) is 2.46. The lowest BCUT2D eigenvalue weighted by molar-refractivity contribution is -0.384. The van der Waals surface area contributed by atoms with E-state index in [9.17, 15) is 23.3 Å². The minimum atomic E-state index is -4.48. The summed E-state index contributed by atoms with van der Waals surface area (Å²) in [6.07, 6.45) is -4.48. The summed E-state index contributed by atoms with van der Waals surface area (Å²) in [5.41, 5.74) is 4.94. The van der Waals surface area contributed by atoms with E-state index in [1.165, 1.54) is 36.4 Å². The second-order valence-electron chi connectivity index (χ2n) is 4.35. The van der Waals surface area contributed by atoms with E-state index in [4.69, 9.17) is 5.73 Å². The monoisotopic (exact) mass is 309 g/mol. The van der Waals surface area contributed by atoms with Gasteiger partial charge in [-0.25, -0.2) is 4.99 Å². The lowest BCUT2D eigenvalue weighted by Gasteiger charge is -2.07. The molecular weight excluding hydrogens is 299 g/mol. The van der Waals surface area contributed by atoms with Crippen LogP contribution in [0.2, 0.25) is 0 Å². The van der Waals surface area contributed by atoms with Crippen molar-refractivity contribution in [1.82, 2.24) is 0 Å². The number of alkyl halides is 3. The molecule has 0 atom stereocenters. The van der Waals surface area contributed by atoms with E-state index in [-0.39, 0.29) is 22.8 Å². The van der Waals surface area contributed by atoms with Crippen LogP contribution in [0.25, 0.3) is 0 Å². The number of nitrogens with zero attached hydrogens (tertiary/aromatic N) is 2. The van der Waals surface area contributed by atoms with E-state index >= 15 is 0 Å². The Labute approximate surface area is 123 Å². The summed E-state index contributed by atoms with van der Waals surface area (Å²) in [6.45, 7) is 0. The number of aliphatic imine (C=N–C) groups is 1. The number of benzene rings is 2. The Bertz CT molecular complexity index is 742. The first-order chi connectivity index (χ1) is 10.3. The number of rotatable bonds is 3. The van der Waals surface area contributed by atoms with Crippen molar-refractivity contribution in [3.63, 3.8) is 0 Å². The molecule has 0 spiro atoms. The number of non-ortho nitro benzene ring substituents is 1. The molecule has 2 aromatic rings. The van der Waals surface area contributed by atoms with Gasteiger partial charge in [0.05, 0.1) is 16.2 Å². The van der Waals surface area contributed by atoms with Gasteiger partial charge < -0.3 is 5.73 Å². The standard InChI is InChI=1S/C14H10F3N3O2/c15-14(16,17)10-4-2-5-11(8-10)19-13(18)9-3-1-6-12(7-9)20(21)22/h1-8H,(H2,18,19). The van der Waals surface area contributed by atoms with Crippen LogP contribution in [0.5, 0.6) is 0 Å². The zero-order valence-corrected chi connectivity index (χ0v) is 11.0. The van der Waals surface area contributed by atoms with Crippen molar-refractivity contribution in [3.05, 3.63) is 69.8 Å². The van der Waals surface area contributed by atoms with Crippen molar-refractivity contribution < 1.29 is 18.1 Å². The fourth-order valence-electron chi connectivity index (χ4n) is 1.73. The molecule has 114 valence electrons. The van der Waals surface area contributed by atoms with Crippen LogP contribution in [0.3, 0.4) is 0 Å². The van der Waals surface area contributed by atoms with E-state index in [0.717, 1.165) is 12.1 Å². The molecule has 0 amide bonds. The number of hydrogen-bond donors (Lipinski definition) is 1. The second kappa shape index (κ2) is 5.84. The van der Waals surface area contributed by atoms with Crippen LogP contribution in [0, 0.1) is 10.1 Å². The summed E-state index contributed by atoms with van der Waals surface area (Å²) in [6, 6.07) is 9.73. The smallest absolute Gasteiger partial charge is 0.383 e. The van der Waals surface area contributed by atoms with Gasteiger partial charge in [-0.05, 0) is 18.2 Å². The van der Waals surface area contributed by atoms with Gasteiger partial charge in [-0.3, -0.25) is 10.1 Å². The molecule has 0 heterocycles. The van der Waals surface area contributed by atoms with Crippen LogP contribution < -0.4 is 5.73 Å². The van der Waals surface area contributed by atoms with Crippen molar-refractivity contribution in [3.8, 4) is 0 Å². The minimum Gasteiger partial charge on any atom is -0.383 e. The molecular formula is C14H10F3N3O2. The largest absolute Gasteiger partial charge is 0.416 e. The van der Waals surface area contributed by atoms with E-state index in [1.54, 1.807) is 0 Å². The van der Waals surface area contributed by atoms with Gasteiger partial charge in [0.25, 0.3) is 5.69 Å². The number of amidine groups is 1. The van der Waals surface area contributed by atoms with Gasteiger partial charge in [-0.1, -0.05) is 18.2 Å². The normalized spacial score (nSPS) is 12.2. The van der Waals surface area contributed by atoms with Gasteiger partial charge in [0, 0.05) is 17.7 Å². The van der Waals surface area contributed by atoms with Gasteiger partial charge >= 0.3 is 6.18 Å². The first kappa shape index (κ1) is 15.5. The molecule has 2 aromatic carbocycles. The molecule has 0 radical (unpaired) electrons. The highest BCUT2D eigenvalue weighted by molar-refractivity contribution is 5.99. The minimum absolute atomic E-state index is 0.0128. The number of hydrogen-bond acceptors (Lipinski definition) is 3. The maximum Gasteiger partial charge on any atom is 0.416 e. The van der Waals surface area contributed by atoms with Crippen LogP contribution >= 0.6 is 0 Å². The fourth-order valence-corrected chi connectivity index (χ4v) is 1.73. The molecule has 0 aromatic heterocycles. The Hall–Kier alpha value is -2.90. The SMILES string of the molecule is NC(=Nc1cccc(C(F)(F)F)c1)c1cccc([N+](=O)[O-])c1. The molecule has 0 bridgehead atoms. The predicted molar refractivity (Wildman–Crippen MR) is 74.9 cm³/mol. The first-order valence-corrected chi connectivity index (χ1v) is 6.03. The van der Waals surface area contributed by atoms with Crippen molar-refractivity contribution in [2.24, 2.45) is 10.7 Å². The highest BCUT2D eigenvalue weighted by Gasteiger charge is 2.30. The first-order valence-electron chi connectivity index (χ1n) is 6.03. The zero-order valence-electron chi connectivity index (χ0n) is 11.0. The third-order valence-corrected chi connectivity index (χ3v) is 2.78. The molecule has 0 saturated carbocycles. The van der Waals surface area contributed by atoms with Crippen molar-refractivity contribution in [1.29, 1.82) is 0 Å². The molecule has 0 aliphatic carbocycles. The summed E-state index contributed by atoms with van der Waals surface area (Å²) in [5, 5.41) is 10.7. The Morgan fingerprint density at radius 2 is 1.82 bits per heavy atom. The quantitative estimate of drug-likeness (QED) is 0.406. The number of nitro groups is 1. The van der Waals surface area contributed by atoms with Gasteiger partial charge in [0.2, 0.25) is 0 Å². The van der Waals surface area contributed by atoms with E-state index in [1.807, 2.05) is 0 Å². The molecule has 0 saturated heterocycles. The van der Waals surface area contributed by atoms with Crippen LogP contribution in [-0.4, -0.2) is 10.8 Å². The molecule has 0 fully saturated rings. The van der Waals surface area contributed by atoms with Crippen molar-refractivity contribution in [2.45, 2.75) is 6.18 Å². The van der Waals surface area contributed by atoms with Gasteiger partial charge in [-0.2, -0.15) is 13.2 Å².